The van der Waals surface area contributed by atoms with Crippen LogP contribution in [0, 0.1) is 0 Å². The molecule has 0 saturated heterocycles. The van der Waals surface area contributed by atoms with Gasteiger partial charge in [-0.2, -0.15) is 0 Å². The van der Waals surface area contributed by atoms with Crippen LogP contribution in [0.5, 0.6) is 5.75 Å². The summed E-state index contributed by atoms with van der Waals surface area (Å²) in [5, 5.41) is 3.74. The fourth-order valence-corrected chi connectivity index (χ4v) is 4.01. The third-order valence-corrected chi connectivity index (χ3v) is 5.42. The number of nitrogens with one attached hydrogen (secondary N) is 1. The Bertz CT molecular complexity index is 754. The summed E-state index contributed by atoms with van der Waals surface area (Å²) in [5.74, 6) is 0.771. The van der Waals surface area contributed by atoms with Gasteiger partial charge in [0, 0.05) is 17.3 Å². The molecule has 2 aromatic rings. The van der Waals surface area contributed by atoms with Crippen molar-refractivity contribution in [2.45, 2.75) is 38.0 Å². The van der Waals surface area contributed by atoms with Crippen LogP contribution in [0.4, 0.5) is 5.69 Å². The van der Waals surface area contributed by atoms with Crippen LogP contribution in [-0.4, -0.2) is 25.7 Å². The van der Waals surface area contributed by atoms with Crippen molar-refractivity contribution in [3.8, 4) is 5.75 Å². The lowest BCUT2D eigenvalue weighted by Gasteiger charge is -2.29. The summed E-state index contributed by atoms with van der Waals surface area (Å²) in [4.78, 5) is 13.2. The molecule has 1 aliphatic carbocycles. The van der Waals surface area contributed by atoms with Gasteiger partial charge in [-0.15, -0.1) is 0 Å². The molecule has 0 unspecified atom stereocenters. The molecule has 0 spiro atoms. The monoisotopic (exact) mass is 387 g/mol. The van der Waals surface area contributed by atoms with Crippen LogP contribution in [0.25, 0.3) is 0 Å². The highest BCUT2D eigenvalue weighted by atomic mass is 35.5. The summed E-state index contributed by atoms with van der Waals surface area (Å²) < 4.78 is 10.9. The van der Waals surface area contributed by atoms with Gasteiger partial charge in [-0.25, -0.2) is 0 Å². The molecule has 4 nitrogen and oxygen atoms in total. The first kappa shape index (κ1) is 19.7. The number of benzene rings is 2. The lowest BCUT2D eigenvalue weighted by atomic mass is 9.78. The van der Waals surface area contributed by atoms with Gasteiger partial charge in [0.25, 0.3) is 0 Å². The first-order valence-electron chi connectivity index (χ1n) is 9.53. The van der Waals surface area contributed by atoms with Crippen LogP contribution in [0.15, 0.2) is 48.5 Å². The minimum atomic E-state index is -0.551. The molecule has 27 heavy (non-hydrogen) atoms. The number of hydrogen-bond acceptors (Lipinski definition) is 3. The second-order valence-corrected chi connectivity index (χ2v) is 7.20. The van der Waals surface area contributed by atoms with E-state index >= 15 is 0 Å². The number of carbonyl (C=O) groups excluding carboxylic acids is 1. The Morgan fingerprint density at radius 3 is 2.44 bits per heavy atom. The molecule has 1 saturated carbocycles. The van der Waals surface area contributed by atoms with Crippen molar-refractivity contribution >= 4 is 23.2 Å². The Hall–Kier alpha value is -2.04. The molecular weight excluding hydrogens is 362 g/mol. The Kier molecular flexibility index (Phi) is 6.75. The van der Waals surface area contributed by atoms with E-state index in [1.807, 2.05) is 55.5 Å². The summed E-state index contributed by atoms with van der Waals surface area (Å²) >= 11 is 6.43. The van der Waals surface area contributed by atoms with Crippen molar-refractivity contribution in [3.63, 3.8) is 0 Å². The van der Waals surface area contributed by atoms with Gasteiger partial charge in [0.05, 0.1) is 12.0 Å². The van der Waals surface area contributed by atoms with E-state index in [1.54, 1.807) is 0 Å². The van der Waals surface area contributed by atoms with Gasteiger partial charge < -0.3 is 14.8 Å². The summed E-state index contributed by atoms with van der Waals surface area (Å²) in [6.07, 6.45) is 3.71. The second kappa shape index (κ2) is 9.25. The molecule has 1 N–H and O–H groups in total. The molecule has 0 radical (unpaired) electrons. The van der Waals surface area contributed by atoms with E-state index in [0.717, 1.165) is 42.7 Å². The number of rotatable bonds is 8. The summed E-state index contributed by atoms with van der Waals surface area (Å²) in [7, 11) is 0. The van der Waals surface area contributed by atoms with Crippen LogP contribution in [0.2, 0.25) is 5.02 Å². The summed E-state index contributed by atoms with van der Waals surface area (Å²) in [6, 6.07) is 15.1. The van der Waals surface area contributed by atoms with E-state index in [4.69, 9.17) is 21.1 Å². The molecule has 0 aliphatic heterocycles. The lowest BCUT2D eigenvalue weighted by molar-refractivity contribution is -0.121. The molecule has 0 atom stereocenters. The molecule has 1 fully saturated rings. The molecule has 0 aromatic heterocycles. The molecule has 2 aromatic carbocycles. The van der Waals surface area contributed by atoms with Crippen LogP contribution < -0.4 is 10.1 Å². The molecule has 3 rings (SSSR count). The largest absolute Gasteiger partial charge is 0.491 e. The SMILES string of the molecule is CCOCCOc1ccc(NC(=O)C2(c3ccccc3Cl)CCCC2)cc1. The zero-order valence-corrected chi connectivity index (χ0v) is 16.4. The molecule has 0 heterocycles. The molecule has 144 valence electrons. The smallest absolute Gasteiger partial charge is 0.235 e. The van der Waals surface area contributed by atoms with Crippen LogP contribution >= 0.6 is 11.6 Å². The van der Waals surface area contributed by atoms with E-state index in [9.17, 15) is 4.79 Å². The highest BCUT2D eigenvalue weighted by molar-refractivity contribution is 6.31. The van der Waals surface area contributed by atoms with Gasteiger partial charge in [-0.05, 0) is 55.7 Å². The van der Waals surface area contributed by atoms with Gasteiger partial charge in [0.2, 0.25) is 5.91 Å². The number of anilines is 1. The highest BCUT2D eigenvalue weighted by Crippen LogP contribution is 2.44. The fraction of sp³-hybridized carbons (Fsp3) is 0.409. The van der Waals surface area contributed by atoms with E-state index in [-0.39, 0.29) is 5.91 Å². The minimum Gasteiger partial charge on any atom is -0.491 e. The van der Waals surface area contributed by atoms with E-state index in [2.05, 4.69) is 5.32 Å². The normalized spacial score (nSPS) is 15.5. The van der Waals surface area contributed by atoms with Gasteiger partial charge >= 0.3 is 0 Å². The van der Waals surface area contributed by atoms with Crippen molar-refractivity contribution < 1.29 is 14.3 Å². The molecule has 1 aliphatic rings. The maximum absolute atomic E-state index is 13.2. The van der Waals surface area contributed by atoms with Gasteiger partial charge in [-0.3, -0.25) is 4.79 Å². The minimum absolute atomic E-state index is 0.0121. The number of carbonyl (C=O) groups is 1. The average Bonchev–Trinajstić information content (AvgIpc) is 3.18. The maximum Gasteiger partial charge on any atom is 0.235 e. The predicted octanol–water partition coefficient (Wildman–Crippen LogP) is 5.21. The third-order valence-electron chi connectivity index (χ3n) is 5.09. The Morgan fingerprint density at radius 1 is 1.07 bits per heavy atom. The second-order valence-electron chi connectivity index (χ2n) is 6.79. The number of hydrogen-bond donors (Lipinski definition) is 1. The molecule has 1 amide bonds. The standard InChI is InChI=1S/C22H26ClNO3/c1-2-26-15-16-27-18-11-9-17(10-12-18)24-21(25)22(13-5-6-14-22)19-7-3-4-8-20(19)23/h3-4,7-12H,2,5-6,13-16H2,1H3,(H,24,25). The Morgan fingerprint density at radius 2 is 1.78 bits per heavy atom. The predicted molar refractivity (Wildman–Crippen MR) is 109 cm³/mol. The van der Waals surface area contributed by atoms with Gasteiger partial charge in [0.1, 0.15) is 12.4 Å². The molecular formula is C22H26ClNO3. The van der Waals surface area contributed by atoms with Crippen LogP contribution in [-0.2, 0) is 14.9 Å². The van der Waals surface area contributed by atoms with Gasteiger partial charge in [-0.1, -0.05) is 42.6 Å². The topological polar surface area (TPSA) is 47.6 Å². The summed E-state index contributed by atoms with van der Waals surface area (Å²) in [6.45, 7) is 3.71. The van der Waals surface area contributed by atoms with Crippen molar-refractivity contribution in [1.29, 1.82) is 0 Å². The van der Waals surface area contributed by atoms with Crippen molar-refractivity contribution in [1.82, 2.24) is 0 Å². The van der Waals surface area contributed by atoms with Crippen LogP contribution in [0.1, 0.15) is 38.2 Å². The number of halogens is 1. The zero-order valence-electron chi connectivity index (χ0n) is 15.7. The van der Waals surface area contributed by atoms with Crippen LogP contribution in [0.3, 0.4) is 0 Å². The number of ether oxygens (including phenoxy) is 2. The Labute approximate surface area is 165 Å². The van der Waals surface area contributed by atoms with Gasteiger partial charge in [0.15, 0.2) is 0 Å². The molecule has 0 bridgehead atoms. The molecule has 5 heteroatoms. The van der Waals surface area contributed by atoms with Crippen molar-refractivity contribution in [2.24, 2.45) is 0 Å². The maximum atomic E-state index is 13.2. The fourth-order valence-electron chi connectivity index (χ4n) is 3.69. The first-order chi connectivity index (χ1) is 13.2. The van der Waals surface area contributed by atoms with Crippen molar-refractivity contribution in [3.05, 3.63) is 59.1 Å². The Balaban J connectivity index is 1.69. The van der Waals surface area contributed by atoms with E-state index in [0.29, 0.717) is 24.8 Å². The quantitative estimate of drug-likeness (QED) is 0.633. The summed E-state index contributed by atoms with van der Waals surface area (Å²) in [5.41, 5.74) is 1.14. The van der Waals surface area contributed by atoms with E-state index in [1.165, 1.54) is 0 Å². The third kappa shape index (κ3) is 4.63. The highest BCUT2D eigenvalue weighted by Gasteiger charge is 2.43. The lowest BCUT2D eigenvalue weighted by Crippen LogP contribution is -2.38. The van der Waals surface area contributed by atoms with E-state index < -0.39 is 5.41 Å². The average molecular weight is 388 g/mol. The van der Waals surface area contributed by atoms with Crippen molar-refractivity contribution in [2.75, 3.05) is 25.1 Å². The number of amides is 1. The first-order valence-corrected chi connectivity index (χ1v) is 9.90. The zero-order chi connectivity index (χ0) is 19.1.